The maximum absolute atomic E-state index is 14.0. The average molecular weight is 417 g/mol. The van der Waals surface area contributed by atoms with Gasteiger partial charge in [-0.15, -0.1) is 0 Å². The van der Waals surface area contributed by atoms with Crippen LogP contribution < -0.4 is 15.4 Å². The minimum absolute atomic E-state index is 0.189. The smallest absolute Gasteiger partial charge is 0.269 e. The minimum atomic E-state index is -1.96. The number of methoxy groups -OCH3 is 1. The zero-order valence-corrected chi connectivity index (χ0v) is 15.0. The SMILES string of the molecule is COc1c(F)c(F)c(C(=O)NC(=S)Nc2ccc([N+](=O)[O-])cc2C)c(F)c1F. The van der Waals surface area contributed by atoms with Crippen molar-refractivity contribution in [2.45, 2.75) is 6.92 Å². The van der Waals surface area contributed by atoms with Crippen LogP contribution in [0, 0.1) is 40.3 Å². The van der Waals surface area contributed by atoms with Gasteiger partial charge in [0.05, 0.1) is 12.0 Å². The first kappa shape index (κ1) is 21.0. The molecule has 0 aliphatic carbocycles. The van der Waals surface area contributed by atoms with Gasteiger partial charge in [-0.2, -0.15) is 8.78 Å². The molecule has 0 heterocycles. The molecule has 0 aliphatic heterocycles. The summed E-state index contributed by atoms with van der Waals surface area (Å²) in [6.07, 6.45) is 0. The molecule has 0 atom stereocenters. The van der Waals surface area contributed by atoms with Crippen molar-refractivity contribution in [3.8, 4) is 5.75 Å². The number of anilines is 1. The fourth-order valence-corrected chi connectivity index (χ4v) is 2.41. The number of carbonyl (C=O) groups excluding carboxylic acids is 1. The highest BCUT2D eigenvalue weighted by Crippen LogP contribution is 2.29. The first-order chi connectivity index (χ1) is 13.1. The van der Waals surface area contributed by atoms with Crippen molar-refractivity contribution in [1.82, 2.24) is 5.32 Å². The second-order valence-electron chi connectivity index (χ2n) is 5.33. The molecular formula is C16H11F4N3O4S. The van der Waals surface area contributed by atoms with Gasteiger partial charge in [0.2, 0.25) is 11.6 Å². The number of benzene rings is 2. The molecule has 2 aromatic rings. The number of nitro groups is 1. The summed E-state index contributed by atoms with van der Waals surface area (Å²) in [6, 6.07) is 3.67. The Morgan fingerprint density at radius 2 is 1.71 bits per heavy atom. The number of halogens is 4. The predicted octanol–water partition coefficient (Wildman–Crippen LogP) is 3.60. The number of nitrogens with zero attached hydrogens (tertiary/aromatic N) is 1. The standard InChI is InChI=1S/C16H11F4N3O4S/c1-6-5-7(23(25)26)3-4-8(6)21-16(28)22-15(24)9-10(17)12(19)14(27-2)13(20)11(9)18/h3-5H,1-2H3,(H2,21,22,24,28). The van der Waals surface area contributed by atoms with Crippen LogP contribution in [0.3, 0.4) is 0 Å². The lowest BCUT2D eigenvalue weighted by Gasteiger charge is -2.13. The largest absolute Gasteiger partial charge is 0.491 e. The number of amides is 1. The summed E-state index contributed by atoms with van der Waals surface area (Å²) >= 11 is 4.82. The van der Waals surface area contributed by atoms with Gasteiger partial charge >= 0.3 is 0 Å². The van der Waals surface area contributed by atoms with Gasteiger partial charge in [-0.1, -0.05) is 0 Å². The first-order valence-corrected chi connectivity index (χ1v) is 7.76. The van der Waals surface area contributed by atoms with Crippen molar-refractivity contribution in [2.24, 2.45) is 0 Å². The molecule has 0 aromatic heterocycles. The van der Waals surface area contributed by atoms with E-state index in [-0.39, 0.29) is 11.4 Å². The lowest BCUT2D eigenvalue weighted by atomic mass is 10.1. The monoisotopic (exact) mass is 417 g/mol. The van der Waals surface area contributed by atoms with E-state index in [9.17, 15) is 32.5 Å². The maximum atomic E-state index is 14.0. The molecule has 2 rings (SSSR count). The molecule has 28 heavy (non-hydrogen) atoms. The number of thiocarbonyl (C=S) groups is 1. The summed E-state index contributed by atoms with van der Waals surface area (Å²) in [7, 11) is 0.797. The van der Waals surface area contributed by atoms with Crippen LogP contribution >= 0.6 is 12.2 Å². The number of non-ortho nitro benzene ring substituents is 1. The second kappa shape index (κ2) is 8.17. The van der Waals surface area contributed by atoms with E-state index in [0.29, 0.717) is 5.56 Å². The Bertz CT molecular complexity index is 971. The third kappa shape index (κ3) is 4.01. The van der Waals surface area contributed by atoms with Gasteiger partial charge in [-0.05, 0) is 30.8 Å². The van der Waals surface area contributed by atoms with Crippen LogP contribution in [0.4, 0.5) is 28.9 Å². The van der Waals surface area contributed by atoms with Gasteiger partial charge in [0.25, 0.3) is 11.6 Å². The van der Waals surface area contributed by atoms with Crippen LogP contribution in [0.2, 0.25) is 0 Å². The quantitative estimate of drug-likeness (QED) is 0.260. The van der Waals surface area contributed by atoms with Crippen molar-refractivity contribution >= 4 is 34.6 Å². The number of carbonyl (C=O) groups is 1. The van der Waals surface area contributed by atoms with Gasteiger partial charge in [0, 0.05) is 17.8 Å². The van der Waals surface area contributed by atoms with Gasteiger partial charge in [0.15, 0.2) is 22.5 Å². The molecule has 0 unspecified atom stereocenters. The van der Waals surface area contributed by atoms with Crippen molar-refractivity contribution in [3.05, 3.63) is 62.7 Å². The Balaban J connectivity index is 2.24. The molecule has 0 bridgehead atoms. The number of hydrogen-bond donors (Lipinski definition) is 2. The second-order valence-corrected chi connectivity index (χ2v) is 5.74. The molecule has 2 N–H and O–H groups in total. The van der Waals surface area contributed by atoms with Crippen molar-refractivity contribution in [2.75, 3.05) is 12.4 Å². The zero-order valence-electron chi connectivity index (χ0n) is 14.2. The van der Waals surface area contributed by atoms with Crippen LogP contribution in [-0.4, -0.2) is 23.1 Å². The number of nitro benzene ring substituents is 1. The molecule has 12 heteroatoms. The van der Waals surface area contributed by atoms with Gasteiger partial charge in [-0.3, -0.25) is 20.2 Å². The van der Waals surface area contributed by atoms with Gasteiger partial charge < -0.3 is 10.1 Å². The fraction of sp³-hybridized carbons (Fsp3) is 0.125. The highest BCUT2D eigenvalue weighted by Gasteiger charge is 2.30. The molecule has 0 spiro atoms. The van der Waals surface area contributed by atoms with E-state index in [1.54, 1.807) is 0 Å². The Labute approximate surface area is 160 Å². The number of aryl methyl sites for hydroxylation is 1. The molecular weight excluding hydrogens is 406 g/mol. The molecule has 0 fully saturated rings. The van der Waals surface area contributed by atoms with E-state index in [2.05, 4.69) is 10.1 Å². The van der Waals surface area contributed by atoms with E-state index < -0.39 is 50.5 Å². The van der Waals surface area contributed by atoms with Crippen molar-refractivity contribution in [3.63, 3.8) is 0 Å². The summed E-state index contributed by atoms with van der Waals surface area (Å²) < 4.78 is 59.6. The Kier molecular flexibility index (Phi) is 6.13. The average Bonchev–Trinajstić information content (AvgIpc) is 2.62. The van der Waals surface area contributed by atoms with Crippen LogP contribution in [0.5, 0.6) is 5.75 Å². The lowest BCUT2D eigenvalue weighted by Crippen LogP contribution is -2.35. The Hall–Kier alpha value is -3.28. The third-order valence-corrected chi connectivity index (χ3v) is 3.75. The van der Waals surface area contributed by atoms with Gasteiger partial charge in [-0.25, -0.2) is 8.78 Å². The summed E-state index contributed by atoms with van der Waals surface area (Å²) in [4.78, 5) is 22.1. The number of rotatable bonds is 4. The van der Waals surface area contributed by atoms with Crippen LogP contribution in [0.1, 0.15) is 15.9 Å². The minimum Gasteiger partial charge on any atom is -0.491 e. The molecule has 0 radical (unpaired) electrons. The molecule has 1 amide bonds. The normalized spacial score (nSPS) is 10.4. The van der Waals surface area contributed by atoms with Crippen molar-refractivity contribution < 1.29 is 32.0 Å². The van der Waals surface area contributed by atoms with Crippen LogP contribution in [-0.2, 0) is 0 Å². The summed E-state index contributed by atoms with van der Waals surface area (Å²) in [5, 5.41) is 14.6. The highest BCUT2D eigenvalue weighted by atomic mass is 32.1. The Morgan fingerprint density at radius 1 is 1.14 bits per heavy atom. The highest BCUT2D eigenvalue weighted by molar-refractivity contribution is 7.80. The van der Waals surface area contributed by atoms with Crippen molar-refractivity contribution in [1.29, 1.82) is 0 Å². The molecule has 7 nitrogen and oxygen atoms in total. The Morgan fingerprint density at radius 3 is 2.18 bits per heavy atom. The summed E-state index contributed by atoms with van der Waals surface area (Å²) in [5.41, 5.74) is -1.08. The number of nitrogens with one attached hydrogen (secondary N) is 2. The number of hydrogen-bond acceptors (Lipinski definition) is 5. The van der Waals surface area contributed by atoms with E-state index in [0.717, 1.165) is 13.2 Å². The summed E-state index contributed by atoms with van der Waals surface area (Å²) in [6.45, 7) is 1.51. The van der Waals surface area contributed by atoms with E-state index in [1.165, 1.54) is 19.1 Å². The lowest BCUT2D eigenvalue weighted by molar-refractivity contribution is -0.384. The van der Waals surface area contributed by atoms with Crippen LogP contribution in [0.15, 0.2) is 18.2 Å². The molecule has 2 aromatic carbocycles. The predicted molar refractivity (Wildman–Crippen MR) is 94.3 cm³/mol. The van der Waals surface area contributed by atoms with E-state index in [1.807, 2.05) is 5.32 Å². The van der Waals surface area contributed by atoms with E-state index >= 15 is 0 Å². The molecule has 0 aliphatic rings. The molecule has 148 valence electrons. The fourth-order valence-electron chi connectivity index (χ4n) is 2.21. The first-order valence-electron chi connectivity index (χ1n) is 7.35. The topological polar surface area (TPSA) is 93.5 Å². The zero-order chi connectivity index (χ0) is 21.2. The van der Waals surface area contributed by atoms with Gasteiger partial charge in [0.1, 0.15) is 5.56 Å². The molecule has 0 saturated carbocycles. The van der Waals surface area contributed by atoms with E-state index in [4.69, 9.17) is 12.2 Å². The number of ether oxygens (including phenoxy) is 1. The van der Waals surface area contributed by atoms with Crippen LogP contribution in [0.25, 0.3) is 0 Å². The summed E-state index contributed by atoms with van der Waals surface area (Å²) in [5.74, 6) is -10.5. The maximum Gasteiger partial charge on any atom is 0.269 e. The molecule has 0 saturated heterocycles. The third-order valence-electron chi connectivity index (χ3n) is 3.55.